The number of esters is 1. The van der Waals surface area contributed by atoms with Crippen LogP contribution in [0.4, 0.5) is 0 Å². The predicted octanol–water partition coefficient (Wildman–Crippen LogP) is 3.92. The van der Waals surface area contributed by atoms with E-state index >= 15 is 0 Å². The zero-order valence-corrected chi connectivity index (χ0v) is 15.4. The molecule has 2 N–H and O–H groups in total. The van der Waals surface area contributed by atoms with E-state index in [9.17, 15) is 4.79 Å². The highest BCUT2D eigenvalue weighted by molar-refractivity contribution is 6.21. The van der Waals surface area contributed by atoms with E-state index in [-0.39, 0.29) is 18.4 Å². The Balaban J connectivity index is 0.00000312. The molecule has 2 rings (SSSR count). The maximum atomic E-state index is 12.3. The van der Waals surface area contributed by atoms with Gasteiger partial charge in [0, 0.05) is 11.6 Å². The standard InChI is InChI=1S/C19H22N2O3.ClH/c1-4-23-19(22)17(12-16-6-5-11-24-16)14-7-9-15(10-8-14)18(20)21-13(2)3;/h5-13H,4H2,1-3H3,(H2,20,21);1H/b17-12+;. The Labute approximate surface area is 154 Å². The monoisotopic (exact) mass is 362 g/mol. The Morgan fingerprint density at radius 1 is 1.24 bits per heavy atom. The molecule has 1 aromatic carbocycles. The summed E-state index contributed by atoms with van der Waals surface area (Å²) in [7, 11) is 0. The van der Waals surface area contributed by atoms with Crippen molar-refractivity contribution >= 4 is 35.9 Å². The summed E-state index contributed by atoms with van der Waals surface area (Å²) in [5.41, 5.74) is 7.94. The van der Waals surface area contributed by atoms with Crippen molar-refractivity contribution in [3.63, 3.8) is 0 Å². The van der Waals surface area contributed by atoms with Crippen LogP contribution in [-0.2, 0) is 9.53 Å². The molecule has 0 radical (unpaired) electrons. The van der Waals surface area contributed by atoms with Gasteiger partial charge in [-0.1, -0.05) is 24.3 Å². The molecule has 1 heterocycles. The van der Waals surface area contributed by atoms with Gasteiger partial charge in [0.25, 0.3) is 0 Å². The Morgan fingerprint density at radius 2 is 1.88 bits per heavy atom. The maximum absolute atomic E-state index is 12.3. The molecule has 2 aromatic rings. The molecule has 0 spiro atoms. The molecule has 6 heteroatoms. The van der Waals surface area contributed by atoms with Gasteiger partial charge in [-0.3, -0.25) is 4.99 Å². The number of nitrogens with zero attached hydrogens (tertiary/aromatic N) is 1. The average Bonchev–Trinajstić information content (AvgIpc) is 3.05. The van der Waals surface area contributed by atoms with Crippen molar-refractivity contribution in [1.82, 2.24) is 0 Å². The Bertz CT molecular complexity index is 733. The molecule has 0 aliphatic heterocycles. The molecule has 0 aliphatic rings. The van der Waals surface area contributed by atoms with Crippen molar-refractivity contribution in [3.05, 3.63) is 59.5 Å². The van der Waals surface area contributed by atoms with Crippen LogP contribution in [0.1, 0.15) is 37.7 Å². The third-order valence-electron chi connectivity index (χ3n) is 3.21. The van der Waals surface area contributed by atoms with Crippen LogP contribution in [0.15, 0.2) is 52.1 Å². The summed E-state index contributed by atoms with van der Waals surface area (Å²) in [4.78, 5) is 16.6. The van der Waals surface area contributed by atoms with Crippen molar-refractivity contribution in [3.8, 4) is 0 Å². The van der Waals surface area contributed by atoms with Gasteiger partial charge in [-0.25, -0.2) is 4.79 Å². The number of aliphatic imine (C=N–C) groups is 1. The SMILES string of the molecule is CCOC(=O)/C(=C/c1ccco1)c1ccc(C(N)=NC(C)C)cc1.Cl. The molecule has 0 atom stereocenters. The fraction of sp³-hybridized carbons (Fsp3) is 0.263. The van der Waals surface area contributed by atoms with E-state index in [1.165, 1.54) is 0 Å². The van der Waals surface area contributed by atoms with Crippen LogP contribution in [-0.4, -0.2) is 24.5 Å². The second kappa shape index (κ2) is 9.69. The minimum absolute atomic E-state index is 0. The number of furan rings is 1. The van der Waals surface area contributed by atoms with Gasteiger partial charge in [-0.05, 0) is 44.5 Å². The van der Waals surface area contributed by atoms with Crippen LogP contribution < -0.4 is 5.73 Å². The summed E-state index contributed by atoms with van der Waals surface area (Å²) in [6.07, 6.45) is 3.22. The van der Waals surface area contributed by atoms with Crippen molar-refractivity contribution in [2.75, 3.05) is 6.61 Å². The van der Waals surface area contributed by atoms with E-state index < -0.39 is 5.97 Å². The lowest BCUT2D eigenvalue weighted by molar-refractivity contribution is -0.136. The molecule has 5 nitrogen and oxygen atoms in total. The smallest absolute Gasteiger partial charge is 0.338 e. The lowest BCUT2D eigenvalue weighted by Crippen LogP contribution is -2.15. The second-order valence-electron chi connectivity index (χ2n) is 5.48. The van der Waals surface area contributed by atoms with E-state index in [2.05, 4.69) is 4.99 Å². The Hall–Kier alpha value is -2.53. The van der Waals surface area contributed by atoms with Crippen LogP contribution in [0, 0.1) is 0 Å². The summed E-state index contributed by atoms with van der Waals surface area (Å²) in [6.45, 7) is 6.01. The highest BCUT2D eigenvalue weighted by atomic mass is 35.5. The molecule has 25 heavy (non-hydrogen) atoms. The molecule has 1 aromatic heterocycles. The topological polar surface area (TPSA) is 77.8 Å². The summed E-state index contributed by atoms with van der Waals surface area (Å²) < 4.78 is 10.4. The third kappa shape index (κ3) is 5.80. The van der Waals surface area contributed by atoms with E-state index in [1.807, 2.05) is 38.1 Å². The van der Waals surface area contributed by atoms with Gasteiger partial charge in [0.1, 0.15) is 11.6 Å². The first kappa shape index (κ1) is 20.5. The normalized spacial score (nSPS) is 12.0. The second-order valence-corrected chi connectivity index (χ2v) is 5.48. The lowest BCUT2D eigenvalue weighted by atomic mass is 10.0. The molecule has 0 bridgehead atoms. The first-order valence-corrected chi connectivity index (χ1v) is 7.87. The van der Waals surface area contributed by atoms with Crippen molar-refractivity contribution in [2.24, 2.45) is 10.7 Å². The molecule has 0 saturated heterocycles. The average molecular weight is 363 g/mol. The number of carbonyl (C=O) groups excluding carboxylic acids is 1. The first-order chi connectivity index (χ1) is 11.5. The highest BCUT2D eigenvalue weighted by Crippen LogP contribution is 2.21. The number of hydrogen-bond acceptors (Lipinski definition) is 4. The number of benzene rings is 1. The summed E-state index contributed by atoms with van der Waals surface area (Å²) in [6, 6.07) is 11.0. The molecule has 0 amide bonds. The summed E-state index contributed by atoms with van der Waals surface area (Å²) in [5.74, 6) is 0.665. The van der Waals surface area contributed by atoms with Gasteiger partial charge >= 0.3 is 5.97 Å². The van der Waals surface area contributed by atoms with Crippen molar-refractivity contribution in [1.29, 1.82) is 0 Å². The van der Waals surface area contributed by atoms with Gasteiger partial charge in [-0.2, -0.15) is 0 Å². The number of amidine groups is 1. The highest BCUT2D eigenvalue weighted by Gasteiger charge is 2.14. The van der Waals surface area contributed by atoms with Gasteiger partial charge in [0.2, 0.25) is 0 Å². The number of nitrogens with two attached hydrogens (primary N) is 1. The van der Waals surface area contributed by atoms with Gasteiger partial charge in [0.15, 0.2) is 0 Å². The van der Waals surface area contributed by atoms with Gasteiger partial charge < -0.3 is 14.9 Å². The molecular formula is C19H23ClN2O3. The summed E-state index contributed by atoms with van der Waals surface area (Å²) in [5, 5.41) is 0. The number of carbonyl (C=O) groups is 1. The summed E-state index contributed by atoms with van der Waals surface area (Å²) >= 11 is 0. The molecule has 0 fully saturated rings. The van der Waals surface area contributed by atoms with Crippen molar-refractivity contribution < 1.29 is 13.9 Å². The van der Waals surface area contributed by atoms with E-state index in [1.54, 1.807) is 31.4 Å². The van der Waals surface area contributed by atoms with Crippen molar-refractivity contribution in [2.45, 2.75) is 26.8 Å². The Morgan fingerprint density at radius 3 is 2.40 bits per heavy atom. The number of hydrogen-bond donors (Lipinski definition) is 1. The number of ether oxygens (including phenoxy) is 1. The van der Waals surface area contributed by atoms with Crippen LogP contribution in [0.5, 0.6) is 0 Å². The Kier molecular flexibility index (Phi) is 7.95. The third-order valence-corrected chi connectivity index (χ3v) is 3.21. The zero-order chi connectivity index (χ0) is 17.5. The molecule has 0 saturated carbocycles. The fourth-order valence-corrected chi connectivity index (χ4v) is 2.16. The number of rotatable bonds is 6. The largest absolute Gasteiger partial charge is 0.465 e. The van der Waals surface area contributed by atoms with E-state index in [0.29, 0.717) is 23.8 Å². The van der Waals surface area contributed by atoms with Crippen LogP contribution >= 0.6 is 12.4 Å². The molecule has 134 valence electrons. The fourth-order valence-electron chi connectivity index (χ4n) is 2.16. The maximum Gasteiger partial charge on any atom is 0.338 e. The lowest BCUT2D eigenvalue weighted by Gasteiger charge is -2.09. The number of halogens is 1. The molecular weight excluding hydrogens is 340 g/mol. The predicted molar refractivity (Wildman–Crippen MR) is 103 cm³/mol. The quantitative estimate of drug-likeness (QED) is 0.365. The van der Waals surface area contributed by atoms with Crippen LogP contribution in [0.25, 0.3) is 11.6 Å². The molecule has 0 unspecified atom stereocenters. The minimum atomic E-state index is -0.398. The van der Waals surface area contributed by atoms with Gasteiger partial charge in [-0.15, -0.1) is 12.4 Å². The van der Waals surface area contributed by atoms with E-state index in [0.717, 1.165) is 11.1 Å². The van der Waals surface area contributed by atoms with E-state index in [4.69, 9.17) is 14.9 Å². The van der Waals surface area contributed by atoms with Crippen LogP contribution in [0.2, 0.25) is 0 Å². The first-order valence-electron chi connectivity index (χ1n) is 7.87. The van der Waals surface area contributed by atoms with Crippen LogP contribution in [0.3, 0.4) is 0 Å². The zero-order valence-electron chi connectivity index (χ0n) is 14.6. The molecule has 0 aliphatic carbocycles. The minimum Gasteiger partial charge on any atom is -0.465 e. The van der Waals surface area contributed by atoms with Gasteiger partial charge in [0.05, 0.1) is 18.4 Å².